The predicted octanol–water partition coefficient (Wildman–Crippen LogP) is 1.74. The van der Waals surface area contributed by atoms with Crippen LogP contribution in [0.15, 0.2) is 0 Å². The molecule has 0 aromatic carbocycles. The second-order valence-corrected chi connectivity index (χ2v) is 4.69. The Morgan fingerprint density at radius 2 is 1.31 bits per heavy atom. The highest BCUT2D eigenvalue weighted by atomic mass is 16.1. The van der Waals surface area contributed by atoms with Gasteiger partial charge in [-0.3, -0.25) is 4.79 Å². The summed E-state index contributed by atoms with van der Waals surface area (Å²) < 4.78 is 1.27. The molecule has 2 heteroatoms. The number of quaternary nitrogens is 1. The molecule has 2 saturated heterocycles. The van der Waals surface area contributed by atoms with Gasteiger partial charge < -0.3 is 4.48 Å². The number of rotatable bonds is 0. The number of hydrogen-bond acceptors (Lipinski definition) is 1. The number of hydrogen-bond donors (Lipinski definition) is 0. The van der Waals surface area contributed by atoms with Crippen LogP contribution in [0.2, 0.25) is 0 Å². The van der Waals surface area contributed by atoms with Crippen LogP contribution in [0.1, 0.15) is 38.5 Å². The van der Waals surface area contributed by atoms with Crippen molar-refractivity contribution in [2.45, 2.75) is 38.5 Å². The molecule has 0 atom stereocenters. The van der Waals surface area contributed by atoms with E-state index in [1.807, 2.05) is 0 Å². The summed E-state index contributed by atoms with van der Waals surface area (Å²) in [6.45, 7) is 4.96. The zero-order chi connectivity index (χ0) is 9.15. The van der Waals surface area contributed by atoms with Gasteiger partial charge in [-0.25, -0.2) is 0 Å². The highest BCUT2D eigenvalue weighted by Crippen LogP contribution is 2.23. The minimum Gasteiger partial charge on any atom is -0.323 e. The Hall–Kier alpha value is -0.370. The van der Waals surface area contributed by atoms with Crippen molar-refractivity contribution in [3.63, 3.8) is 0 Å². The molecule has 74 valence electrons. The molecule has 2 nitrogen and oxygen atoms in total. The van der Waals surface area contributed by atoms with Crippen molar-refractivity contribution in [3.8, 4) is 0 Å². The minimum absolute atomic E-state index is 0.494. The van der Waals surface area contributed by atoms with Crippen molar-refractivity contribution in [1.29, 1.82) is 0 Å². The Balaban J connectivity index is 1.97. The average molecular weight is 182 g/mol. The lowest BCUT2D eigenvalue weighted by Crippen LogP contribution is -2.53. The number of carbonyl (C=O) groups excluding carboxylic acids is 1. The summed E-state index contributed by atoms with van der Waals surface area (Å²) in [5, 5.41) is 0. The van der Waals surface area contributed by atoms with Gasteiger partial charge in [0.2, 0.25) is 0 Å². The van der Waals surface area contributed by atoms with Gasteiger partial charge in [0.15, 0.2) is 0 Å². The fraction of sp³-hybridized carbons (Fsp3) is 0.909. The average Bonchev–Trinajstić information content (AvgIpc) is 2.37. The zero-order valence-corrected chi connectivity index (χ0v) is 8.43. The summed E-state index contributed by atoms with van der Waals surface area (Å²) in [6.07, 6.45) is 7.28. The molecule has 0 aromatic heterocycles. The molecule has 0 N–H and O–H groups in total. The van der Waals surface area contributed by atoms with E-state index in [2.05, 4.69) is 0 Å². The van der Waals surface area contributed by atoms with E-state index in [9.17, 15) is 4.79 Å². The van der Waals surface area contributed by atoms with Crippen LogP contribution in [0.4, 0.5) is 0 Å². The Morgan fingerprint density at radius 1 is 0.769 bits per heavy atom. The lowest BCUT2D eigenvalue weighted by Gasteiger charge is -2.40. The summed E-state index contributed by atoms with van der Waals surface area (Å²) in [6, 6.07) is 0. The quantitative estimate of drug-likeness (QED) is 0.521. The summed E-state index contributed by atoms with van der Waals surface area (Å²) in [5.74, 6) is 0.494. The molecular weight excluding hydrogens is 162 g/mol. The molecule has 2 fully saturated rings. The van der Waals surface area contributed by atoms with E-state index < -0.39 is 0 Å². The molecule has 2 heterocycles. The smallest absolute Gasteiger partial charge is 0.144 e. The van der Waals surface area contributed by atoms with E-state index in [4.69, 9.17) is 0 Å². The van der Waals surface area contributed by atoms with Gasteiger partial charge in [-0.1, -0.05) is 0 Å². The van der Waals surface area contributed by atoms with Crippen LogP contribution in [0.25, 0.3) is 0 Å². The SMILES string of the molecule is O=C1CC[N+]2(CCCCCC2)CC1. The number of ketones is 1. The lowest BCUT2D eigenvalue weighted by molar-refractivity contribution is -0.928. The van der Waals surface area contributed by atoms with E-state index in [0.29, 0.717) is 5.78 Å². The monoisotopic (exact) mass is 182 g/mol. The Labute approximate surface area is 80.5 Å². The molecule has 0 unspecified atom stereocenters. The molecule has 0 bridgehead atoms. The highest BCUT2D eigenvalue weighted by Gasteiger charge is 2.32. The van der Waals surface area contributed by atoms with E-state index in [0.717, 1.165) is 25.9 Å². The molecule has 0 amide bonds. The fourth-order valence-corrected chi connectivity index (χ4v) is 2.77. The second-order valence-electron chi connectivity index (χ2n) is 4.69. The van der Waals surface area contributed by atoms with Gasteiger partial charge in [0.1, 0.15) is 5.78 Å². The zero-order valence-electron chi connectivity index (χ0n) is 8.43. The molecule has 0 radical (unpaired) electrons. The third-order valence-corrected chi connectivity index (χ3v) is 3.74. The van der Waals surface area contributed by atoms with Crippen LogP contribution in [0.3, 0.4) is 0 Å². The molecule has 0 aromatic rings. The molecule has 2 aliphatic rings. The Kier molecular flexibility index (Phi) is 2.68. The van der Waals surface area contributed by atoms with Crippen LogP contribution in [0.5, 0.6) is 0 Å². The lowest BCUT2D eigenvalue weighted by atomic mass is 10.1. The number of nitrogens with zero attached hydrogens (tertiary/aromatic N) is 1. The molecule has 1 spiro atoms. The van der Waals surface area contributed by atoms with Crippen molar-refractivity contribution in [2.75, 3.05) is 26.2 Å². The standard InChI is InChI=1S/C11H20NO/c13-11-5-9-12(10-6-11)7-3-1-2-4-8-12/h1-10H2/q+1. The van der Waals surface area contributed by atoms with Crippen LogP contribution in [0, 0.1) is 0 Å². The van der Waals surface area contributed by atoms with Crippen LogP contribution >= 0.6 is 0 Å². The molecular formula is C11H20NO+. The van der Waals surface area contributed by atoms with Crippen molar-refractivity contribution in [2.24, 2.45) is 0 Å². The summed E-state index contributed by atoms with van der Waals surface area (Å²) in [5.41, 5.74) is 0. The van der Waals surface area contributed by atoms with Gasteiger partial charge in [-0.15, -0.1) is 0 Å². The maximum atomic E-state index is 11.2. The van der Waals surface area contributed by atoms with Crippen LogP contribution < -0.4 is 0 Å². The molecule has 0 aliphatic carbocycles. The first-order chi connectivity index (χ1) is 6.31. The van der Waals surface area contributed by atoms with Gasteiger partial charge in [-0.05, 0) is 25.7 Å². The van der Waals surface area contributed by atoms with E-state index in [1.165, 1.54) is 43.3 Å². The second kappa shape index (κ2) is 3.79. The maximum absolute atomic E-state index is 11.2. The fourth-order valence-electron chi connectivity index (χ4n) is 2.77. The number of Topliss-reactive ketones (excluding diaryl/α,β-unsaturated/α-hetero) is 1. The van der Waals surface area contributed by atoms with Crippen molar-refractivity contribution in [3.05, 3.63) is 0 Å². The van der Waals surface area contributed by atoms with Crippen molar-refractivity contribution >= 4 is 5.78 Å². The largest absolute Gasteiger partial charge is 0.323 e. The Bertz CT molecular complexity index is 180. The van der Waals surface area contributed by atoms with Crippen molar-refractivity contribution < 1.29 is 9.28 Å². The minimum atomic E-state index is 0.494. The van der Waals surface area contributed by atoms with Gasteiger partial charge in [0.25, 0.3) is 0 Å². The van der Waals surface area contributed by atoms with Crippen LogP contribution in [-0.4, -0.2) is 36.4 Å². The first-order valence-corrected chi connectivity index (χ1v) is 5.68. The van der Waals surface area contributed by atoms with Crippen LogP contribution in [-0.2, 0) is 4.79 Å². The normalized spacial score (nSPS) is 28.8. The van der Waals surface area contributed by atoms with Gasteiger partial charge in [0, 0.05) is 0 Å². The predicted molar refractivity (Wildman–Crippen MR) is 52.4 cm³/mol. The van der Waals surface area contributed by atoms with Crippen molar-refractivity contribution in [1.82, 2.24) is 0 Å². The number of carbonyl (C=O) groups is 1. The van der Waals surface area contributed by atoms with E-state index in [1.54, 1.807) is 0 Å². The molecule has 0 saturated carbocycles. The van der Waals surface area contributed by atoms with E-state index in [-0.39, 0.29) is 0 Å². The molecule has 2 aliphatic heterocycles. The molecule has 13 heavy (non-hydrogen) atoms. The third-order valence-electron chi connectivity index (χ3n) is 3.74. The van der Waals surface area contributed by atoms with Gasteiger partial charge in [-0.2, -0.15) is 0 Å². The molecule has 2 rings (SSSR count). The third kappa shape index (κ3) is 2.11. The Morgan fingerprint density at radius 3 is 1.85 bits per heavy atom. The summed E-state index contributed by atoms with van der Waals surface area (Å²) >= 11 is 0. The summed E-state index contributed by atoms with van der Waals surface area (Å²) in [7, 11) is 0. The number of piperidine rings is 1. The van der Waals surface area contributed by atoms with E-state index >= 15 is 0 Å². The van der Waals surface area contributed by atoms with Gasteiger partial charge in [0.05, 0.1) is 39.0 Å². The highest BCUT2D eigenvalue weighted by molar-refractivity contribution is 5.78. The van der Waals surface area contributed by atoms with Gasteiger partial charge >= 0.3 is 0 Å². The first-order valence-electron chi connectivity index (χ1n) is 5.68. The topological polar surface area (TPSA) is 17.1 Å². The summed E-state index contributed by atoms with van der Waals surface area (Å²) in [4.78, 5) is 11.2. The maximum Gasteiger partial charge on any atom is 0.144 e. The first kappa shape index (κ1) is 9.20.